The zero-order valence-electron chi connectivity index (χ0n) is 14.7. The third-order valence-corrected chi connectivity index (χ3v) is 4.54. The molecule has 7 nitrogen and oxygen atoms in total. The van der Waals surface area contributed by atoms with E-state index in [4.69, 9.17) is 4.52 Å². The van der Waals surface area contributed by atoms with E-state index >= 15 is 0 Å². The van der Waals surface area contributed by atoms with Crippen LogP contribution in [0.25, 0.3) is 0 Å². The molecule has 2 amide bonds. The fraction of sp³-hybridized carbons (Fsp3) is 0.444. The molecule has 2 aromatic rings. The topological polar surface area (TPSA) is 88.3 Å². The minimum absolute atomic E-state index is 0.0439. The van der Waals surface area contributed by atoms with Crippen LogP contribution in [0.1, 0.15) is 37.0 Å². The Morgan fingerprint density at radius 3 is 2.76 bits per heavy atom. The number of piperidine rings is 1. The van der Waals surface area contributed by atoms with Crippen molar-refractivity contribution in [2.45, 2.75) is 38.5 Å². The summed E-state index contributed by atoms with van der Waals surface area (Å²) in [7, 11) is 1.77. The highest BCUT2D eigenvalue weighted by molar-refractivity contribution is 5.91. The number of aromatic nitrogens is 2. The van der Waals surface area contributed by atoms with Crippen LogP contribution >= 0.6 is 0 Å². The summed E-state index contributed by atoms with van der Waals surface area (Å²) in [6.45, 7) is 4.52. The summed E-state index contributed by atoms with van der Waals surface area (Å²) >= 11 is 0. The molecule has 1 aliphatic heterocycles. The Balaban J connectivity index is 1.64. The van der Waals surface area contributed by atoms with Gasteiger partial charge in [-0.05, 0) is 32.4 Å². The quantitative estimate of drug-likeness (QED) is 0.919. The molecule has 3 rings (SSSR count). The molecule has 1 saturated heterocycles. The molecule has 132 valence electrons. The number of hydrogen-bond acceptors (Lipinski definition) is 5. The standard InChI is InChI=1S/C18H22N4O3/c1-12-4-6-13(7-5-12)19-15(23)10-14-20-17(25-21-14)18(2)9-8-16(24)22(3)11-18/h4-7H,8-11H2,1-3H3,(H,19,23). The van der Waals surface area contributed by atoms with E-state index in [0.29, 0.717) is 31.1 Å². The first-order valence-corrected chi connectivity index (χ1v) is 8.29. The highest BCUT2D eigenvalue weighted by atomic mass is 16.5. The van der Waals surface area contributed by atoms with E-state index in [9.17, 15) is 9.59 Å². The lowest BCUT2D eigenvalue weighted by molar-refractivity contribution is -0.134. The van der Waals surface area contributed by atoms with E-state index in [0.717, 1.165) is 11.3 Å². The van der Waals surface area contributed by atoms with Gasteiger partial charge in [-0.25, -0.2) is 0 Å². The number of hydrogen-bond donors (Lipinski definition) is 1. The molecule has 1 unspecified atom stereocenters. The largest absolute Gasteiger partial charge is 0.345 e. The van der Waals surface area contributed by atoms with E-state index in [1.165, 1.54) is 0 Å². The number of nitrogens with one attached hydrogen (secondary N) is 1. The van der Waals surface area contributed by atoms with Crippen molar-refractivity contribution in [1.82, 2.24) is 15.0 Å². The Bertz CT molecular complexity index is 784. The molecule has 0 aliphatic carbocycles. The second-order valence-electron chi connectivity index (χ2n) is 6.92. The van der Waals surface area contributed by atoms with Gasteiger partial charge in [0.1, 0.15) is 0 Å². The average molecular weight is 342 g/mol. The van der Waals surface area contributed by atoms with Crippen molar-refractivity contribution in [1.29, 1.82) is 0 Å². The van der Waals surface area contributed by atoms with Crippen molar-refractivity contribution in [2.75, 3.05) is 18.9 Å². The lowest BCUT2D eigenvalue weighted by Gasteiger charge is -2.35. The van der Waals surface area contributed by atoms with E-state index < -0.39 is 0 Å². The van der Waals surface area contributed by atoms with Crippen molar-refractivity contribution >= 4 is 17.5 Å². The summed E-state index contributed by atoms with van der Waals surface area (Å²) in [6.07, 6.45) is 1.16. The second kappa shape index (κ2) is 6.66. The summed E-state index contributed by atoms with van der Waals surface area (Å²) in [5, 5.41) is 6.74. The van der Waals surface area contributed by atoms with Crippen LogP contribution in [0.3, 0.4) is 0 Å². The second-order valence-corrected chi connectivity index (χ2v) is 6.92. The molecule has 0 saturated carbocycles. The molecule has 7 heteroatoms. The van der Waals surface area contributed by atoms with Crippen LogP contribution in [0, 0.1) is 6.92 Å². The summed E-state index contributed by atoms with van der Waals surface area (Å²) < 4.78 is 5.38. The van der Waals surface area contributed by atoms with Crippen LogP contribution in [0.2, 0.25) is 0 Å². The fourth-order valence-electron chi connectivity index (χ4n) is 3.00. The number of rotatable bonds is 4. The third kappa shape index (κ3) is 3.87. The number of benzene rings is 1. The average Bonchev–Trinajstić information content (AvgIpc) is 3.03. The predicted molar refractivity (Wildman–Crippen MR) is 92.0 cm³/mol. The van der Waals surface area contributed by atoms with E-state index in [1.54, 1.807) is 11.9 Å². The number of anilines is 1. The highest BCUT2D eigenvalue weighted by Crippen LogP contribution is 2.32. The first kappa shape index (κ1) is 17.1. The highest BCUT2D eigenvalue weighted by Gasteiger charge is 2.39. The van der Waals surface area contributed by atoms with Gasteiger partial charge >= 0.3 is 0 Å². The first-order chi connectivity index (χ1) is 11.9. The summed E-state index contributed by atoms with van der Waals surface area (Å²) in [5.74, 6) is 0.748. The van der Waals surface area contributed by atoms with Gasteiger partial charge in [-0.15, -0.1) is 0 Å². The summed E-state index contributed by atoms with van der Waals surface area (Å²) in [4.78, 5) is 29.9. The normalized spacial score (nSPS) is 20.6. The molecule has 1 aromatic carbocycles. The summed E-state index contributed by atoms with van der Waals surface area (Å²) in [5.41, 5.74) is 1.49. The predicted octanol–water partition coefficient (Wildman–Crippen LogP) is 2.07. The molecule has 1 N–H and O–H groups in total. The minimum Gasteiger partial charge on any atom is -0.345 e. The first-order valence-electron chi connectivity index (χ1n) is 8.29. The van der Waals surface area contributed by atoms with E-state index in [2.05, 4.69) is 15.5 Å². The maximum absolute atomic E-state index is 12.1. The van der Waals surface area contributed by atoms with Crippen LogP contribution in [0.5, 0.6) is 0 Å². The van der Waals surface area contributed by atoms with Gasteiger partial charge in [0.2, 0.25) is 17.7 Å². The van der Waals surface area contributed by atoms with Crippen LogP contribution < -0.4 is 5.32 Å². The number of amides is 2. The Kier molecular flexibility index (Phi) is 4.57. The SMILES string of the molecule is Cc1ccc(NC(=O)Cc2noc(C3(C)CCC(=O)N(C)C3)n2)cc1. The van der Waals surface area contributed by atoms with Gasteiger partial charge in [-0.3, -0.25) is 9.59 Å². The van der Waals surface area contributed by atoms with Gasteiger partial charge in [0.05, 0.1) is 11.8 Å². The molecule has 1 aliphatic rings. The Morgan fingerprint density at radius 1 is 1.36 bits per heavy atom. The van der Waals surface area contributed by atoms with Crippen molar-refractivity contribution in [3.8, 4) is 0 Å². The van der Waals surface area contributed by atoms with Gasteiger partial charge in [-0.2, -0.15) is 4.98 Å². The number of carbonyl (C=O) groups is 2. The maximum atomic E-state index is 12.1. The lowest BCUT2D eigenvalue weighted by Crippen LogP contribution is -2.45. The van der Waals surface area contributed by atoms with Crippen molar-refractivity contribution in [3.63, 3.8) is 0 Å². The Hall–Kier alpha value is -2.70. The minimum atomic E-state index is -0.374. The summed E-state index contributed by atoms with van der Waals surface area (Å²) in [6, 6.07) is 7.57. The third-order valence-electron chi connectivity index (χ3n) is 4.54. The van der Waals surface area contributed by atoms with Crippen LogP contribution in [0.15, 0.2) is 28.8 Å². The molecule has 1 atom stereocenters. The Morgan fingerprint density at radius 2 is 2.08 bits per heavy atom. The smallest absolute Gasteiger partial charge is 0.234 e. The van der Waals surface area contributed by atoms with Gasteiger partial charge in [-0.1, -0.05) is 22.9 Å². The molecule has 0 spiro atoms. The lowest BCUT2D eigenvalue weighted by atomic mass is 9.81. The van der Waals surface area contributed by atoms with Crippen molar-refractivity contribution < 1.29 is 14.1 Å². The van der Waals surface area contributed by atoms with E-state index in [-0.39, 0.29) is 23.7 Å². The number of aryl methyl sites for hydroxylation is 1. The molecule has 1 fully saturated rings. The molecular weight excluding hydrogens is 320 g/mol. The van der Waals surface area contributed by atoms with Crippen LogP contribution in [-0.4, -0.2) is 40.4 Å². The molecule has 0 bridgehead atoms. The van der Waals surface area contributed by atoms with Gasteiger partial charge in [0, 0.05) is 25.7 Å². The molecule has 0 radical (unpaired) electrons. The van der Waals surface area contributed by atoms with Crippen molar-refractivity contribution in [2.24, 2.45) is 0 Å². The number of likely N-dealkylation sites (tertiary alicyclic amines) is 1. The zero-order valence-corrected chi connectivity index (χ0v) is 14.7. The monoisotopic (exact) mass is 342 g/mol. The van der Waals surface area contributed by atoms with Gasteiger partial charge < -0.3 is 14.7 Å². The molecule has 25 heavy (non-hydrogen) atoms. The van der Waals surface area contributed by atoms with Gasteiger partial charge in [0.25, 0.3) is 0 Å². The van der Waals surface area contributed by atoms with Crippen LogP contribution in [-0.2, 0) is 21.4 Å². The molecule has 2 heterocycles. The maximum Gasteiger partial charge on any atom is 0.234 e. The number of likely N-dealkylation sites (N-methyl/N-ethyl adjacent to an activating group) is 1. The van der Waals surface area contributed by atoms with Crippen LogP contribution in [0.4, 0.5) is 5.69 Å². The number of nitrogens with zero attached hydrogens (tertiary/aromatic N) is 3. The molecular formula is C18H22N4O3. The Labute approximate surface area is 146 Å². The number of carbonyl (C=O) groups excluding carboxylic acids is 2. The van der Waals surface area contributed by atoms with E-state index in [1.807, 2.05) is 38.1 Å². The van der Waals surface area contributed by atoms with Gasteiger partial charge in [0.15, 0.2) is 5.82 Å². The molecule has 1 aromatic heterocycles. The van der Waals surface area contributed by atoms with Crippen molar-refractivity contribution in [3.05, 3.63) is 41.5 Å². The fourth-order valence-corrected chi connectivity index (χ4v) is 3.00. The zero-order chi connectivity index (χ0) is 18.0.